The van der Waals surface area contributed by atoms with Gasteiger partial charge in [0.1, 0.15) is 11.5 Å². The summed E-state index contributed by atoms with van der Waals surface area (Å²) in [6.45, 7) is 2.85. The van der Waals surface area contributed by atoms with Crippen LogP contribution in [0.2, 0.25) is 5.02 Å². The van der Waals surface area contributed by atoms with Crippen molar-refractivity contribution in [3.05, 3.63) is 51.6 Å². The number of fused-ring (bicyclic) bond motifs is 1. The second-order valence-electron chi connectivity index (χ2n) is 8.80. The van der Waals surface area contributed by atoms with Crippen molar-refractivity contribution >= 4 is 34.9 Å². The summed E-state index contributed by atoms with van der Waals surface area (Å²) < 4.78 is 15.5. The molecule has 2 amide bonds. The molecule has 0 radical (unpaired) electrons. The van der Waals surface area contributed by atoms with Crippen LogP contribution in [0, 0.1) is 12.7 Å². The van der Waals surface area contributed by atoms with E-state index in [9.17, 15) is 18.8 Å². The van der Waals surface area contributed by atoms with E-state index >= 15 is 0 Å². The van der Waals surface area contributed by atoms with Gasteiger partial charge in [-0.05, 0) is 56.4 Å². The Morgan fingerprint density at radius 3 is 2.70 bits per heavy atom. The number of rotatable bonds is 6. The van der Waals surface area contributed by atoms with Crippen LogP contribution in [-0.2, 0) is 17.8 Å². The Bertz CT molecular complexity index is 1150. The number of hydrogen-bond donors (Lipinski definition) is 5. The number of nitrogens with one attached hydrogen (secondary N) is 5. The Morgan fingerprint density at radius 1 is 1.24 bits per heavy atom. The molecule has 1 saturated carbocycles. The fourth-order valence-corrected chi connectivity index (χ4v) is 5.12. The van der Waals surface area contributed by atoms with Crippen molar-refractivity contribution in [3.63, 3.8) is 0 Å². The van der Waals surface area contributed by atoms with Crippen molar-refractivity contribution in [3.8, 4) is 0 Å². The van der Waals surface area contributed by atoms with E-state index in [1.807, 2.05) is 0 Å². The lowest BCUT2D eigenvalue weighted by Crippen LogP contribution is -2.53. The van der Waals surface area contributed by atoms with Crippen molar-refractivity contribution in [1.29, 1.82) is 0 Å². The van der Waals surface area contributed by atoms with Gasteiger partial charge in [-0.15, -0.1) is 0 Å². The maximum atomic E-state index is 13.7. The van der Waals surface area contributed by atoms with Crippen LogP contribution in [0.5, 0.6) is 0 Å². The first-order valence-corrected chi connectivity index (χ1v) is 11.3. The van der Waals surface area contributed by atoms with Crippen LogP contribution in [-0.4, -0.2) is 40.3 Å². The lowest BCUT2D eigenvalue weighted by Gasteiger charge is -2.22. The Labute approximate surface area is 194 Å². The van der Waals surface area contributed by atoms with E-state index in [-0.39, 0.29) is 22.3 Å². The molecule has 1 unspecified atom stereocenters. The second kappa shape index (κ2) is 8.21. The first kappa shape index (κ1) is 22.0. The quantitative estimate of drug-likeness (QED) is 0.321. The highest BCUT2D eigenvalue weighted by molar-refractivity contribution is 6.44. The average molecular weight is 475 g/mol. The maximum Gasteiger partial charge on any atom is 0.292 e. The Kier molecular flexibility index (Phi) is 5.48. The van der Waals surface area contributed by atoms with Crippen molar-refractivity contribution in [2.24, 2.45) is 0 Å². The van der Waals surface area contributed by atoms with Crippen molar-refractivity contribution in [2.75, 3.05) is 11.9 Å². The number of aromatic nitrogens is 1. The summed E-state index contributed by atoms with van der Waals surface area (Å²) in [4.78, 5) is 39.3. The van der Waals surface area contributed by atoms with Gasteiger partial charge in [0.2, 0.25) is 0 Å². The molecule has 2 aromatic rings. The Morgan fingerprint density at radius 2 is 2.03 bits per heavy atom. The van der Waals surface area contributed by atoms with E-state index < -0.39 is 29.0 Å². The Balaban J connectivity index is 1.41. The number of carbonyl (C=O) groups is 3. The number of nitrogens with zero attached hydrogens (tertiary/aromatic N) is 1. The monoisotopic (exact) mass is 474 g/mol. The number of carbonyl (C=O) groups excluding carboxylic acids is 3. The smallest absolute Gasteiger partial charge is 0.292 e. The molecule has 0 spiro atoms. The Hall–Kier alpha value is -2.79. The van der Waals surface area contributed by atoms with Gasteiger partial charge >= 0.3 is 0 Å². The van der Waals surface area contributed by atoms with E-state index in [4.69, 9.17) is 11.6 Å². The molecule has 1 aromatic heterocycles. The lowest BCUT2D eigenvalue weighted by atomic mass is 10.0. The molecular formula is C22H24ClFN6O3. The van der Waals surface area contributed by atoms with Gasteiger partial charge in [0.25, 0.3) is 17.6 Å². The van der Waals surface area contributed by atoms with E-state index in [2.05, 4.69) is 27.0 Å². The van der Waals surface area contributed by atoms with Gasteiger partial charge in [0, 0.05) is 29.5 Å². The van der Waals surface area contributed by atoms with Crippen molar-refractivity contribution in [1.82, 2.24) is 26.3 Å². The van der Waals surface area contributed by atoms with Crippen molar-refractivity contribution < 1.29 is 18.8 Å². The molecule has 0 bridgehead atoms. The van der Waals surface area contributed by atoms with Gasteiger partial charge in [-0.2, -0.15) is 5.53 Å². The normalized spacial score (nSPS) is 20.4. The van der Waals surface area contributed by atoms with Crippen LogP contribution in [0.25, 0.3) is 0 Å². The molecule has 1 aliphatic carbocycles. The zero-order valence-electron chi connectivity index (χ0n) is 18.0. The highest BCUT2D eigenvalue weighted by Gasteiger charge is 2.52. The number of hydrazine groups is 2. The lowest BCUT2D eigenvalue weighted by molar-refractivity contribution is -0.118. The van der Waals surface area contributed by atoms with E-state index in [0.29, 0.717) is 36.5 Å². The average Bonchev–Trinajstić information content (AvgIpc) is 3.12. The first-order valence-electron chi connectivity index (χ1n) is 10.9. The topological polar surface area (TPSA) is 116 Å². The molecule has 33 heavy (non-hydrogen) atoms. The van der Waals surface area contributed by atoms with Crippen molar-refractivity contribution in [2.45, 2.75) is 50.7 Å². The number of benzene rings is 1. The number of anilines is 1. The number of ketones is 1. The fourth-order valence-electron chi connectivity index (χ4n) is 4.90. The van der Waals surface area contributed by atoms with Crippen LogP contribution >= 0.6 is 11.6 Å². The minimum absolute atomic E-state index is 0.0190. The molecule has 1 aromatic carbocycles. The van der Waals surface area contributed by atoms with Gasteiger partial charge in [-0.25, -0.2) is 15.2 Å². The van der Waals surface area contributed by atoms with Crippen LogP contribution in [0.3, 0.4) is 0 Å². The summed E-state index contributed by atoms with van der Waals surface area (Å²) >= 11 is 5.89. The second-order valence-corrected chi connectivity index (χ2v) is 9.24. The molecule has 11 heteroatoms. The van der Waals surface area contributed by atoms with Gasteiger partial charge in [0.15, 0.2) is 0 Å². The van der Waals surface area contributed by atoms with Crippen LogP contribution in [0.4, 0.5) is 10.1 Å². The third kappa shape index (κ3) is 3.93. The highest BCUT2D eigenvalue weighted by Crippen LogP contribution is 2.39. The summed E-state index contributed by atoms with van der Waals surface area (Å²) in [6.07, 6.45) is 2.92. The highest BCUT2D eigenvalue weighted by atomic mass is 35.5. The summed E-state index contributed by atoms with van der Waals surface area (Å²) in [6, 6.07) is 3.74. The van der Waals surface area contributed by atoms with E-state index in [1.165, 1.54) is 12.1 Å². The molecule has 3 aliphatic rings. The zero-order chi connectivity index (χ0) is 23.3. The van der Waals surface area contributed by atoms with Gasteiger partial charge in [0.05, 0.1) is 17.1 Å². The van der Waals surface area contributed by atoms with Crippen LogP contribution in [0.1, 0.15) is 51.4 Å². The first-order chi connectivity index (χ1) is 15.8. The SMILES string of the molecule is Cc1c(C(=O)C(=O)NC2(C3CNNN3)CC2)c2n(c1C(=O)Nc1cc(F)cc(Cl)c1)CCC2. The molecule has 5 rings (SSSR count). The van der Waals surface area contributed by atoms with E-state index in [0.717, 1.165) is 25.3 Å². The summed E-state index contributed by atoms with van der Waals surface area (Å²) in [7, 11) is 0. The number of hydrogen-bond acceptors (Lipinski definition) is 6. The third-order valence-corrected chi connectivity index (χ3v) is 6.86. The summed E-state index contributed by atoms with van der Waals surface area (Å²) in [5.41, 5.74) is 10.3. The van der Waals surface area contributed by atoms with Crippen LogP contribution < -0.4 is 27.0 Å². The minimum Gasteiger partial charge on any atom is -0.342 e. The van der Waals surface area contributed by atoms with Gasteiger partial charge in [-0.1, -0.05) is 11.6 Å². The molecule has 174 valence electrons. The molecule has 5 N–H and O–H groups in total. The maximum absolute atomic E-state index is 13.7. The summed E-state index contributed by atoms with van der Waals surface area (Å²) in [5, 5.41) is 5.74. The molecule has 1 atom stereocenters. The molecule has 2 fully saturated rings. The molecule has 3 heterocycles. The molecule has 2 aliphatic heterocycles. The predicted molar refractivity (Wildman–Crippen MR) is 119 cm³/mol. The number of amides is 2. The number of halogens is 2. The fraction of sp³-hybridized carbons (Fsp3) is 0.409. The minimum atomic E-state index is -0.673. The molecule has 1 saturated heterocycles. The van der Waals surface area contributed by atoms with E-state index in [1.54, 1.807) is 11.5 Å². The van der Waals surface area contributed by atoms with Gasteiger partial charge < -0.3 is 15.2 Å². The summed E-state index contributed by atoms with van der Waals surface area (Å²) in [5.74, 6) is -2.37. The van der Waals surface area contributed by atoms with Gasteiger partial charge in [-0.3, -0.25) is 14.4 Å². The van der Waals surface area contributed by atoms with Crippen LogP contribution in [0.15, 0.2) is 18.2 Å². The largest absolute Gasteiger partial charge is 0.342 e. The molecular weight excluding hydrogens is 451 g/mol. The zero-order valence-corrected chi connectivity index (χ0v) is 18.7. The number of Topliss-reactive ketones (excluding diaryl/α,β-unsaturated/α-hetero) is 1. The predicted octanol–water partition coefficient (Wildman–Crippen LogP) is 1.60. The standard InChI is InChI=1S/C22H24ClFN6O3/c1-11-17(19(31)21(33)27-22(4-5-22)16-10-25-29-28-16)15-3-2-6-30(15)18(11)20(32)26-14-8-12(23)7-13(24)9-14/h7-9,16,25,28-29H,2-6,10H2,1H3,(H,26,32)(H,27,33). The third-order valence-electron chi connectivity index (χ3n) is 6.64. The molecule has 9 nitrogen and oxygen atoms in total.